The van der Waals surface area contributed by atoms with E-state index in [0.717, 1.165) is 18.4 Å². The van der Waals surface area contributed by atoms with Gasteiger partial charge in [0.1, 0.15) is 0 Å². The Labute approximate surface area is 156 Å². The number of rotatable bonds is 7. The van der Waals surface area contributed by atoms with Crippen LogP contribution >= 0.6 is 0 Å². The summed E-state index contributed by atoms with van der Waals surface area (Å²) in [5.74, 6) is 0.439. The number of nitrogens with zero attached hydrogens (tertiary/aromatic N) is 3. The smallest absolute Gasteiger partial charge is 0.250 e. The number of benzene rings is 1. The van der Waals surface area contributed by atoms with E-state index >= 15 is 0 Å². The summed E-state index contributed by atoms with van der Waals surface area (Å²) in [5, 5.41) is 8.03. The van der Waals surface area contributed by atoms with Gasteiger partial charge >= 0.3 is 0 Å². The van der Waals surface area contributed by atoms with Gasteiger partial charge in [0, 0.05) is 6.54 Å². The first-order valence-corrected chi connectivity index (χ1v) is 10.8. The second kappa shape index (κ2) is 7.88. The van der Waals surface area contributed by atoms with E-state index in [1.54, 1.807) is 4.57 Å². The first-order chi connectivity index (χ1) is 12.1. The van der Waals surface area contributed by atoms with Crippen LogP contribution in [0, 0.1) is 0 Å². The zero-order chi connectivity index (χ0) is 19.5. The van der Waals surface area contributed by atoms with E-state index in [1.807, 2.05) is 38.1 Å². The SMILES string of the molecule is CCCC(N)c1nnc(S(=O)(=O)Cc2ccc(C(C)(C)C)cc2)n1CC. The number of nitrogens with two attached hydrogens (primary N) is 1. The molecule has 0 radical (unpaired) electrons. The summed E-state index contributed by atoms with van der Waals surface area (Å²) in [6.07, 6.45) is 1.65. The first kappa shape index (κ1) is 20.6. The van der Waals surface area contributed by atoms with Crippen LogP contribution in [0.4, 0.5) is 0 Å². The van der Waals surface area contributed by atoms with Crippen molar-refractivity contribution in [3.05, 3.63) is 41.2 Å². The van der Waals surface area contributed by atoms with Crippen molar-refractivity contribution in [2.75, 3.05) is 0 Å². The fourth-order valence-corrected chi connectivity index (χ4v) is 4.41. The minimum atomic E-state index is -3.60. The van der Waals surface area contributed by atoms with Gasteiger partial charge in [0.2, 0.25) is 15.0 Å². The van der Waals surface area contributed by atoms with Crippen molar-refractivity contribution in [3.63, 3.8) is 0 Å². The summed E-state index contributed by atoms with van der Waals surface area (Å²) in [7, 11) is -3.60. The predicted molar refractivity (Wildman–Crippen MR) is 104 cm³/mol. The topological polar surface area (TPSA) is 90.9 Å². The van der Waals surface area contributed by atoms with Crippen LogP contribution in [0.25, 0.3) is 0 Å². The third kappa shape index (κ3) is 4.51. The van der Waals surface area contributed by atoms with E-state index in [9.17, 15) is 8.42 Å². The Bertz CT molecular complexity index is 833. The highest BCUT2D eigenvalue weighted by molar-refractivity contribution is 7.90. The molecule has 0 saturated carbocycles. The highest BCUT2D eigenvalue weighted by atomic mass is 32.2. The molecule has 0 saturated heterocycles. The fourth-order valence-electron chi connectivity index (χ4n) is 2.93. The Morgan fingerprint density at radius 2 is 1.73 bits per heavy atom. The average Bonchev–Trinajstić information content (AvgIpc) is 2.99. The summed E-state index contributed by atoms with van der Waals surface area (Å²) in [4.78, 5) is 0. The number of hydrogen-bond acceptors (Lipinski definition) is 5. The van der Waals surface area contributed by atoms with Crippen molar-refractivity contribution in [1.82, 2.24) is 14.8 Å². The van der Waals surface area contributed by atoms with Gasteiger partial charge in [-0.2, -0.15) is 0 Å². The molecule has 1 unspecified atom stereocenters. The van der Waals surface area contributed by atoms with E-state index < -0.39 is 9.84 Å². The van der Waals surface area contributed by atoms with Crippen LogP contribution in [0.1, 0.15) is 70.5 Å². The summed E-state index contributed by atoms with van der Waals surface area (Å²) in [5.41, 5.74) is 8.07. The lowest BCUT2D eigenvalue weighted by Gasteiger charge is -2.19. The maximum atomic E-state index is 12.9. The maximum Gasteiger partial charge on any atom is 0.250 e. The van der Waals surface area contributed by atoms with E-state index in [-0.39, 0.29) is 22.4 Å². The summed E-state index contributed by atoms with van der Waals surface area (Å²) in [6.45, 7) is 10.8. The molecular weight excluding hydrogens is 348 g/mol. The third-order valence-electron chi connectivity index (χ3n) is 4.45. The lowest BCUT2D eigenvalue weighted by Crippen LogP contribution is -2.19. The Hall–Kier alpha value is -1.73. The Morgan fingerprint density at radius 3 is 2.23 bits per heavy atom. The molecule has 0 bridgehead atoms. The van der Waals surface area contributed by atoms with Gasteiger partial charge in [-0.15, -0.1) is 10.2 Å². The molecule has 1 aromatic carbocycles. The highest BCUT2D eigenvalue weighted by Gasteiger charge is 2.26. The van der Waals surface area contributed by atoms with Crippen LogP contribution < -0.4 is 5.73 Å². The predicted octanol–water partition coefficient (Wildman–Crippen LogP) is 3.37. The van der Waals surface area contributed by atoms with Crippen molar-refractivity contribution in [2.24, 2.45) is 5.73 Å². The molecular formula is C19H30N4O2S. The van der Waals surface area contributed by atoms with Crippen LogP contribution in [0.5, 0.6) is 0 Å². The standard InChI is InChI=1S/C19H30N4O2S/c1-6-8-16(20)17-21-22-18(23(17)7-2)26(24,25)13-14-9-11-15(12-10-14)19(3,4)5/h9-12,16H,6-8,13,20H2,1-5H3. The third-order valence-corrected chi connectivity index (χ3v) is 6.02. The minimum Gasteiger partial charge on any atom is -0.321 e. The lowest BCUT2D eigenvalue weighted by molar-refractivity contribution is 0.529. The zero-order valence-electron chi connectivity index (χ0n) is 16.4. The molecule has 2 rings (SSSR count). The van der Waals surface area contributed by atoms with Gasteiger partial charge in [-0.25, -0.2) is 8.42 Å². The molecule has 0 aliphatic rings. The highest BCUT2D eigenvalue weighted by Crippen LogP contribution is 2.24. The van der Waals surface area contributed by atoms with Crippen LogP contribution in [0.3, 0.4) is 0 Å². The van der Waals surface area contributed by atoms with E-state index in [1.165, 1.54) is 5.56 Å². The normalized spacial score (nSPS) is 13.8. The number of aromatic nitrogens is 3. The minimum absolute atomic E-state index is 0.00134. The molecule has 26 heavy (non-hydrogen) atoms. The van der Waals surface area contributed by atoms with Gasteiger partial charge in [-0.3, -0.25) is 0 Å². The molecule has 2 N–H and O–H groups in total. The monoisotopic (exact) mass is 378 g/mol. The summed E-state index contributed by atoms with van der Waals surface area (Å²) >= 11 is 0. The molecule has 0 fully saturated rings. The van der Waals surface area contributed by atoms with Gasteiger partial charge in [0.15, 0.2) is 5.82 Å². The van der Waals surface area contributed by atoms with Crippen LogP contribution in [0.2, 0.25) is 0 Å². The summed E-state index contributed by atoms with van der Waals surface area (Å²) < 4.78 is 27.4. The fraction of sp³-hybridized carbons (Fsp3) is 0.579. The first-order valence-electron chi connectivity index (χ1n) is 9.11. The van der Waals surface area contributed by atoms with Crippen molar-refractivity contribution in [2.45, 2.75) is 76.4 Å². The molecule has 0 aliphatic heterocycles. The zero-order valence-corrected chi connectivity index (χ0v) is 17.2. The van der Waals surface area contributed by atoms with Crippen LogP contribution in [0.15, 0.2) is 29.4 Å². The van der Waals surface area contributed by atoms with Gasteiger partial charge in [0.05, 0.1) is 11.8 Å². The molecule has 1 aromatic heterocycles. The lowest BCUT2D eigenvalue weighted by atomic mass is 9.87. The quantitative estimate of drug-likeness (QED) is 0.797. The second-order valence-corrected chi connectivity index (χ2v) is 9.57. The molecule has 2 aromatic rings. The van der Waals surface area contributed by atoms with E-state index in [2.05, 4.69) is 31.0 Å². The molecule has 1 heterocycles. The van der Waals surface area contributed by atoms with Crippen molar-refractivity contribution < 1.29 is 8.42 Å². The van der Waals surface area contributed by atoms with Crippen LogP contribution in [-0.4, -0.2) is 23.2 Å². The Balaban J connectivity index is 2.30. The molecule has 0 amide bonds. The van der Waals surface area contributed by atoms with Gasteiger partial charge < -0.3 is 10.3 Å². The van der Waals surface area contributed by atoms with E-state index in [0.29, 0.717) is 12.4 Å². The van der Waals surface area contributed by atoms with Gasteiger partial charge in [-0.1, -0.05) is 58.4 Å². The van der Waals surface area contributed by atoms with E-state index in [4.69, 9.17) is 5.73 Å². The molecule has 0 aliphatic carbocycles. The largest absolute Gasteiger partial charge is 0.321 e. The Morgan fingerprint density at radius 1 is 1.12 bits per heavy atom. The molecule has 6 nitrogen and oxygen atoms in total. The number of sulfone groups is 1. The maximum absolute atomic E-state index is 12.9. The van der Waals surface area contributed by atoms with Crippen molar-refractivity contribution >= 4 is 9.84 Å². The van der Waals surface area contributed by atoms with Gasteiger partial charge in [0.25, 0.3) is 0 Å². The second-order valence-electron chi connectivity index (χ2n) is 7.69. The molecule has 7 heteroatoms. The summed E-state index contributed by atoms with van der Waals surface area (Å²) in [6, 6.07) is 7.40. The molecule has 144 valence electrons. The average molecular weight is 379 g/mol. The van der Waals surface area contributed by atoms with Crippen molar-refractivity contribution in [1.29, 1.82) is 0 Å². The molecule has 0 spiro atoms. The van der Waals surface area contributed by atoms with Crippen LogP contribution in [-0.2, 0) is 27.5 Å². The van der Waals surface area contributed by atoms with Gasteiger partial charge in [-0.05, 0) is 29.9 Å². The molecule has 1 atom stereocenters. The number of hydrogen-bond donors (Lipinski definition) is 1. The Kier molecular flexibility index (Phi) is 6.24. The van der Waals surface area contributed by atoms with Crippen molar-refractivity contribution in [3.8, 4) is 0 Å².